The summed E-state index contributed by atoms with van der Waals surface area (Å²) in [6.07, 6.45) is 19.2. The molecular weight excluding hydrogens is 1790 g/mol. The zero-order valence-electron chi connectivity index (χ0n) is 74.4. The van der Waals surface area contributed by atoms with Crippen molar-refractivity contribution in [2.75, 3.05) is 0 Å². The molecule has 3 aliphatic rings. The minimum atomic E-state index is -0.179. The fraction of sp³-hybridized carbons (Fsp3) is 0.0714. The second kappa shape index (κ2) is 31.5. The molecule has 0 saturated carbocycles. The van der Waals surface area contributed by atoms with Crippen molar-refractivity contribution in [3.05, 3.63) is 468 Å². The summed E-state index contributed by atoms with van der Waals surface area (Å²) in [5, 5.41) is 7.37. The summed E-state index contributed by atoms with van der Waals surface area (Å²) >= 11 is 0. The van der Waals surface area contributed by atoms with Gasteiger partial charge in [0.15, 0.2) is 0 Å². The first kappa shape index (κ1) is 80.5. The van der Waals surface area contributed by atoms with E-state index in [1.807, 2.05) is 55.0 Å². The van der Waals surface area contributed by atoms with Gasteiger partial charge in [-0.1, -0.05) is 312 Å². The Morgan fingerprint density at radius 1 is 0.226 bits per heavy atom. The quantitative estimate of drug-likeness (QED) is 0.0759. The van der Waals surface area contributed by atoms with Crippen molar-refractivity contribution in [2.45, 2.75) is 57.8 Å². The average Bonchev–Trinajstić information content (AvgIpc) is 1.56. The Balaban J connectivity index is 0.00000973. The van der Waals surface area contributed by atoms with Gasteiger partial charge in [-0.15, -0.1) is 71.3 Å². The van der Waals surface area contributed by atoms with Gasteiger partial charge in [-0.25, -0.2) is 0 Å². The van der Waals surface area contributed by atoms with Crippen LogP contribution in [0.1, 0.15) is 108 Å². The number of rotatable bonds is 15. The molecule has 0 atom stereocenters. The summed E-state index contributed by atoms with van der Waals surface area (Å²) in [6, 6.07) is 145. The fourth-order valence-electron chi connectivity index (χ4n) is 22.0. The van der Waals surface area contributed by atoms with Gasteiger partial charge in [0.05, 0.1) is 33.1 Å². The smallest absolute Gasteiger partial charge is 0.309 e. The molecule has 0 aliphatic heterocycles. The van der Waals surface area contributed by atoms with Gasteiger partial charge in [0.25, 0.3) is 0 Å². The van der Waals surface area contributed by atoms with Crippen LogP contribution in [-0.2, 0) is 36.4 Å². The molecule has 0 amide bonds. The summed E-state index contributed by atoms with van der Waals surface area (Å²) in [5.74, 6) is 0. The van der Waals surface area contributed by atoms with E-state index in [1.165, 1.54) is 116 Å². The van der Waals surface area contributed by atoms with Crippen molar-refractivity contribution >= 4 is 102 Å². The Kier molecular flexibility index (Phi) is 19.1. The molecule has 6 heterocycles. The Bertz CT molecular complexity index is 7850. The monoisotopic (exact) mass is 1880 g/mol. The van der Waals surface area contributed by atoms with Gasteiger partial charge in [-0.05, 0) is 245 Å². The van der Waals surface area contributed by atoms with Gasteiger partial charge in [-0.3, -0.25) is 0 Å². The van der Waals surface area contributed by atoms with Crippen LogP contribution in [0.15, 0.2) is 383 Å². The maximum Gasteiger partial charge on any atom is 3.00 e. The molecule has 7 heteroatoms. The van der Waals surface area contributed by atoms with Crippen LogP contribution < -0.4 is 0 Å². The van der Waals surface area contributed by atoms with E-state index < -0.39 is 0 Å². The van der Waals surface area contributed by atoms with E-state index in [2.05, 4.69) is 437 Å². The van der Waals surface area contributed by atoms with Crippen molar-refractivity contribution in [3.63, 3.8) is 0 Å². The molecule has 133 heavy (non-hydrogen) atoms. The summed E-state index contributed by atoms with van der Waals surface area (Å²) in [4.78, 5) is 14.7. The maximum atomic E-state index is 4.90. The SMILES string of the molecule is CC1(C)c2ccccc2-c2cc3c4ccccc4n(-c4cccc(-c5cc(-c6ccccn6)[c-]cc5/C=C\c5cc(/C=C\c6c[c-]c(-c7ccccn7)cc6-c6cccc(-n7c8ccccc8c8cc9c(cc87)C(C)(C)c7ccccc7-9)c6)cc(/C=C\c6c[c-]c(-c7ccccn7)cc6-c6cccc(-n7c8ccccc8c8cc9c(cc87)C(C)(C)c7ccccc7-9)c6)c5)c4)c3cc21.[Ir+3]. The first-order valence-electron chi connectivity index (χ1n) is 45.6. The molecule has 0 bridgehead atoms. The van der Waals surface area contributed by atoms with Gasteiger partial charge in [0, 0.05) is 84.2 Å². The molecule has 25 rings (SSSR count). The normalized spacial score (nSPS) is 13.7. The second-order valence-electron chi connectivity index (χ2n) is 37.2. The molecule has 630 valence electrons. The Labute approximate surface area is 787 Å². The van der Waals surface area contributed by atoms with E-state index >= 15 is 0 Å². The fourth-order valence-corrected chi connectivity index (χ4v) is 22.0. The van der Waals surface area contributed by atoms with Crippen molar-refractivity contribution in [1.29, 1.82) is 0 Å². The Hall–Kier alpha value is -15.8. The van der Waals surface area contributed by atoms with Gasteiger partial charge in [0.1, 0.15) is 0 Å². The number of pyridine rings is 3. The number of aromatic nitrogens is 6. The number of hydrogen-bond acceptors (Lipinski definition) is 3. The van der Waals surface area contributed by atoms with E-state index in [0.717, 1.165) is 134 Å². The molecule has 16 aromatic carbocycles. The van der Waals surface area contributed by atoms with E-state index in [9.17, 15) is 0 Å². The van der Waals surface area contributed by atoms with Crippen LogP contribution in [0, 0.1) is 18.2 Å². The number of hydrogen-bond donors (Lipinski definition) is 0. The summed E-state index contributed by atoms with van der Waals surface area (Å²) in [5.41, 5.74) is 43.4. The maximum absolute atomic E-state index is 4.90. The topological polar surface area (TPSA) is 53.5 Å². The van der Waals surface area contributed by atoms with Crippen LogP contribution in [0.25, 0.3) is 219 Å². The van der Waals surface area contributed by atoms with Crippen molar-refractivity contribution in [1.82, 2.24) is 28.7 Å². The van der Waals surface area contributed by atoms with Crippen LogP contribution in [0.3, 0.4) is 0 Å². The molecule has 6 aromatic heterocycles. The molecule has 0 radical (unpaired) electrons. The molecule has 22 aromatic rings. The molecule has 0 saturated heterocycles. The largest absolute Gasteiger partial charge is 3.00 e. The van der Waals surface area contributed by atoms with Crippen molar-refractivity contribution in [3.8, 4) is 118 Å². The van der Waals surface area contributed by atoms with Crippen LogP contribution >= 0.6 is 0 Å². The summed E-state index contributed by atoms with van der Waals surface area (Å²) < 4.78 is 7.42. The predicted octanol–water partition coefficient (Wildman–Crippen LogP) is 32.0. The van der Waals surface area contributed by atoms with E-state index in [0.29, 0.717) is 0 Å². The third kappa shape index (κ3) is 13.3. The predicted molar refractivity (Wildman–Crippen MR) is 551 cm³/mol. The van der Waals surface area contributed by atoms with Crippen molar-refractivity contribution in [2.24, 2.45) is 0 Å². The third-order valence-electron chi connectivity index (χ3n) is 28.5. The van der Waals surface area contributed by atoms with Crippen LogP contribution in [0.2, 0.25) is 0 Å². The van der Waals surface area contributed by atoms with Gasteiger partial charge in [-0.2, -0.15) is 0 Å². The van der Waals surface area contributed by atoms with Crippen molar-refractivity contribution < 1.29 is 20.1 Å². The summed E-state index contributed by atoms with van der Waals surface area (Å²) in [6.45, 7) is 14.2. The minimum absolute atomic E-state index is 0. The minimum Gasteiger partial charge on any atom is -0.309 e. The second-order valence-corrected chi connectivity index (χ2v) is 37.2. The number of nitrogens with zero attached hydrogens (tertiary/aromatic N) is 6. The number of fused-ring (bicyclic) bond motifs is 18. The third-order valence-corrected chi connectivity index (χ3v) is 28.5. The Morgan fingerprint density at radius 3 is 0.812 bits per heavy atom. The molecule has 0 unspecified atom stereocenters. The average molecular weight is 1880 g/mol. The van der Waals surface area contributed by atoms with E-state index in [4.69, 9.17) is 15.0 Å². The molecule has 0 N–H and O–H groups in total. The van der Waals surface area contributed by atoms with E-state index in [1.54, 1.807) is 0 Å². The zero-order chi connectivity index (χ0) is 88.2. The standard InChI is InChI=1S/C126H87N6.Ir/c1-124(2)109-40-13-7-34-94(109)103-73-106-97-37-10-16-46-118(97)130(121(106)76-112(103)124)91-31-25-28-85(67-91)100-70-88(115-43-19-22-61-127-115)58-55-82(100)52-49-79-64-80(50-53-83-56-59-89(116-44-20-23-62-128-116)71-101(83)86-29-26-32-92(68-86)131-119-47-17-11-38-98(119)107-74-104-95-35-8-14-41-110(95)125(3,4)113(104)77-122(107)131)66-81(65-79)51-54-84-57-60-90(117-45-21-24-63-129-117)72-102(84)87-30-27-33-93(69-87)132-120-48-18-12-39-99(120)108-75-105-96-36-9-15-42-111(96)126(5,6)114(105)78-123(108)132;/h7-57,61-78H,1-6H3;/q-3;+3/b52-49-,53-50-,54-51-;. The summed E-state index contributed by atoms with van der Waals surface area (Å²) in [7, 11) is 0. The molecule has 6 nitrogen and oxygen atoms in total. The van der Waals surface area contributed by atoms with Gasteiger partial charge < -0.3 is 28.7 Å². The first-order chi connectivity index (χ1) is 64.7. The number of para-hydroxylation sites is 3. The van der Waals surface area contributed by atoms with Crippen LogP contribution in [0.4, 0.5) is 0 Å². The molecular formula is C126H87IrN6. The molecule has 0 fully saturated rings. The first-order valence-corrected chi connectivity index (χ1v) is 45.6. The van der Waals surface area contributed by atoms with Crippen LogP contribution in [0.5, 0.6) is 0 Å². The number of benzene rings is 16. The molecule has 0 spiro atoms. The van der Waals surface area contributed by atoms with Crippen LogP contribution in [-0.4, -0.2) is 28.7 Å². The van der Waals surface area contributed by atoms with Gasteiger partial charge in [0.2, 0.25) is 0 Å². The zero-order valence-corrected chi connectivity index (χ0v) is 76.7. The van der Waals surface area contributed by atoms with Gasteiger partial charge >= 0.3 is 20.1 Å². The van der Waals surface area contributed by atoms with E-state index in [-0.39, 0.29) is 36.4 Å². The molecule has 3 aliphatic carbocycles. The Morgan fingerprint density at radius 2 is 0.511 bits per heavy atom.